The highest BCUT2D eigenvalue weighted by atomic mass is 16.2. The van der Waals surface area contributed by atoms with Gasteiger partial charge in [0, 0.05) is 33.1 Å². The van der Waals surface area contributed by atoms with E-state index >= 15 is 0 Å². The van der Waals surface area contributed by atoms with Crippen molar-refractivity contribution in [3.8, 4) is 0 Å². The number of urea groups is 1. The van der Waals surface area contributed by atoms with Gasteiger partial charge in [-0.15, -0.1) is 0 Å². The quantitative estimate of drug-likeness (QED) is 0.561. The molecule has 0 spiro atoms. The second-order valence-electron chi connectivity index (χ2n) is 4.38. The van der Waals surface area contributed by atoms with Crippen LogP contribution in [0.5, 0.6) is 0 Å². The summed E-state index contributed by atoms with van der Waals surface area (Å²) in [4.78, 5) is 15.6. The van der Waals surface area contributed by atoms with Crippen LogP contribution in [0.2, 0.25) is 0 Å². The zero-order valence-electron chi connectivity index (χ0n) is 10.0. The van der Waals surface area contributed by atoms with Gasteiger partial charge in [0.25, 0.3) is 0 Å². The van der Waals surface area contributed by atoms with E-state index in [-0.39, 0.29) is 11.9 Å². The largest absolute Gasteiger partial charge is 0.388 e. The number of rotatable bonds is 3. The first-order valence-electron chi connectivity index (χ1n) is 5.94. The number of carbonyl (C=O) groups excluding carboxylic acids is 1. The van der Waals surface area contributed by atoms with Gasteiger partial charge < -0.3 is 15.5 Å². The number of nitrogens with one attached hydrogen (secondary N) is 1. The highest BCUT2D eigenvalue weighted by Gasteiger charge is 2.18. The van der Waals surface area contributed by atoms with Gasteiger partial charge in [0.1, 0.15) is 0 Å². The van der Waals surface area contributed by atoms with Crippen molar-refractivity contribution in [1.29, 1.82) is 5.41 Å². The molecule has 1 aliphatic heterocycles. The standard InChI is InChI=1S/C11H22N4O/c1-14(9-6-10(12)13)11(16)15-7-4-2-3-5-8-15/h2-9H2,1H3,(H3,12,13). The van der Waals surface area contributed by atoms with Gasteiger partial charge >= 0.3 is 6.03 Å². The molecule has 0 bridgehead atoms. The predicted octanol–water partition coefficient (Wildman–Crippen LogP) is 1.24. The molecule has 2 amide bonds. The van der Waals surface area contributed by atoms with Crippen molar-refractivity contribution in [1.82, 2.24) is 9.80 Å². The molecule has 3 N–H and O–H groups in total. The van der Waals surface area contributed by atoms with Crippen molar-refractivity contribution in [3.05, 3.63) is 0 Å². The third-order valence-electron chi connectivity index (χ3n) is 2.92. The second-order valence-corrected chi connectivity index (χ2v) is 4.38. The topological polar surface area (TPSA) is 73.4 Å². The molecule has 1 saturated heterocycles. The Morgan fingerprint density at radius 3 is 2.38 bits per heavy atom. The Hall–Kier alpha value is -1.26. The van der Waals surface area contributed by atoms with E-state index in [4.69, 9.17) is 11.1 Å². The molecule has 0 aromatic heterocycles. The molecule has 0 aromatic carbocycles. The summed E-state index contributed by atoms with van der Waals surface area (Å²) < 4.78 is 0. The zero-order valence-corrected chi connectivity index (χ0v) is 10.0. The van der Waals surface area contributed by atoms with Crippen molar-refractivity contribution in [2.75, 3.05) is 26.7 Å². The molecule has 0 atom stereocenters. The maximum absolute atomic E-state index is 12.0. The summed E-state index contributed by atoms with van der Waals surface area (Å²) in [6, 6.07) is 0.0724. The monoisotopic (exact) mass is 226 g/mol. The SMILES string of the molecule is CN(CCC(=N)N)C(=O)N1CCCCCC1. The van der Waals surface area contributed by atoms with E-state index < -0.39 is 0 Å². The molecule has 92 valence electrons. The summed E-state index contributed by atoms with van der Waals surface area (Å²) in [7, 11) is 1.77. The van der Waals surface area contributed by atoms with Crippen molar-refractivity contribution >= 4 is 11.9 Å². The number of hydrogen-bond acceptors (Lipinski definition) is 2. The highest BCUT2D eigenvalue weighted by Crippen LogP contribution is 2.11. The smallest absolute Gasteiger partial charge is 0.319 e. The molecular weight excluding hydrogens is 204 g/mol. The van der Waals surface area contributed by atoms with Gasteiger partial charge in [0.05, 0.1) is 5.84 Å². The minimum Gasteiger partial charge on any atom is -0.388 e. The molecule has 5 heteroatoms. The Balaban J connectivity index is 2.38. The van der Waals surface area contributed by atoms with Gasteiger partial charge in [-0.05, 0) is 12.8 Å². The van der Waals surface area contributed by atoms with Crippen LogP contribution in [0.3, 0.4) is 0 Å². The fraction of sp³-hybridized carbons (Fsp3) is 0.818. The van der Waals surface area contributed by atoms with E-state index in [1.165, 1.54) is 12.8 Å². The molecule has 0 saturated carbocycles. The Morgan fingerprint density at radius 2 is 1.88 bits per heavy atom. The average molecular weight is 226 g/mol. The Labute approximate surface area is 97.1 Å². The van der Waals surface area contributed by atoms with Crippen LogP contribution in [0.25, 0.3) is 0 Å². The number of amidine groups is 1. The lowest BCUT2D eigenvalue weighted by molar-refractivity contribution is 0.165. The van der Waals surface area contributed by atoms with Crippen LogP contribution in [0, 0.1) is 5.41 Å². The van der Waals surface area contributed by atoms with Gasteiger partial charge in [0.2, 0.25) is 0 Å². The highest BCUT2D eigenvalue weighted by molar-refractivity contribution is 5.78. The summed E-state index contributed by atoms with van der Waals surface area (Å²) in [5.41, 5.74) is 5.28. The summed E-state index contributed by atoms with van der Waals surface area (Å²) in [6.07, 6.45) is 5.11. The third-order valence-corrected chi connectivity index (χ3v) is 2.92. The van der Waals surface area contributed by atoms with Gasteiger partial charge in [-0.3, -0.25) is 5.41 Å². The van der Waals surface area contributed by atoms with Crippen molar-refractivity contribution in [3.63, 3.8) is 0 Å². The molecule has 1 rings (SSSR count). The minimum atomic E-state index is 0.0724. The van der Waals surface area contributed by atoms with Gasteiger partial charge in [-0.1, -0.05) is 12.8 Å². The van der Waals surface area contributed by atoms with Crippen LogP contribution in [0.15, 0.2) is 0 Å². The number of likely N-dealkylation sites (tertiary alicyclic amines) is 1. The first-order valence-corrected chi connectivity index (χ1v) is 5.94. The van der Waals surface area contributed by atoms with Crippen LogP contribution in [-0.2, 0) is 0 Å². The maximum Gasteiger partial charge on any atom is 0.319 e. The number of nitrogens with two attached hydrogens (primary N) is 1. The molecule has 0 aliphatic carbocycles. The molecule has 16 heavy (non-hydrogen) atoms. The van der Waals surface area contributed by atoms with Crippen LogP contribution in [0.4, 0.5) is 4.79 Å². The van der Waals surface area contributed by atoms with E-state index in [0.717, 1.165) is 25.9 Å². The van der Waals surface area contributed by atoms with Gasteiger partial charge in [0.15, 0.2) is 0 Å². The van der Waals surface area contributed by atoms with Crippen LogP contribution < -0.4 is 5.73 Å². The van der Waals surface area contributed by atoms with Crippen LogP contribution in [0.1, 0.15) is 32.1 Å². The first kappa shape index (κ1) is 12.8. The lowest BCUT2D eigenvalue weighted by Gasteiger charge is -2.26. The lowest BCUT2D eigenvalue weighted by Crippen LogP contribution is -2.42. The lowest BCUT2D eigenvalue weighted by atomic mass is 10.2. The fourth-order valence-corrected chi connectivity index (χ4v) is 1.89. The molecule has 1 aliphatic rings. The molecular formula is C11H22N4O. The average Bonchev–Trinajstić information content (AvgIpc) is 2.53. The van der Waals surface area contributed by atoms with Crippen molar-refractivity contribution in [2.45, 2.75) is 32.1 Å². The fourth-order valence-electron chi connectivity index (χ4n) is 1.89. The molecule has 1 fully saturated rings. The summed E-state index contributed by atoms with van der Waals surface area (Å²) in [5, 5.41) is 7.13. The first-order chi connectivity index (χ1) is 7.61. The van der Waals surface area contributed by atoms with E-state index in [1.54, 1.807) is 11.9 Å². The molecule has 0 unspecified atom stereocenters. The summed E-state index contributed by atoms with van der Waals surface area (Å²) in [6.45, 7) is 2.26. The number of amides is 2. The van der Waals surface area contributed by atoms with E-state index in [0.29, 0.717) is 13.0 Å². The third kappa shape index (κ3) is 4.08. The molecule has 0 aromatic rings. The zero-order chi connectivity index (χ0) is 12.0. The van der Waals surface area contributed by atoms with Crippen molar-refractivity contribution < 1.29 is 4.79 Å². The van der Waals surface area contributed by atoms with Crippen LogP contribution >= 0.6 is 0 Å². The number of carbonyl (C=O) groups is 1. The molecule has 5 nitrogen and oxygen atoms in total. The Morgan fingerprint density at radius 1 is 1.31 bits per heavy atom. The predicted molar refractivity (Wildman–Crippen MR) is 64.6 cm³/mol. The maximum atomic E-state index is 12.0. The number of hydrogen-bond donors (Lipinski definition) is 2. The van der Waals surface area contributed by atoms with E-state index in [1.807, 2.05) is 4.90 Å². The van der Waals surface area contributed by atoms with E-state index in [2.05, 4.69) is 0 Å². The van der Waals surface area contributed by atoms with E-state index in [9.17, 15) is 4.79 Å². The Bertz CT molecular complexity index is 246. The summed E-state index contributed by atoms with van der Waals surface area (Å²) >= 11 is 0. The van der Waals surface area contributed by atoms with Crippen molar-refractivity contribution in [2.24, 2.45) is 5.73 Å². The summed E-state index contributed by atoms with van der Waals surface area (Å²) in [5.74, 6) is 0.135. The number of nitrogens with zero attached hydrogens (tertiary/aromatic N) is 2. The Kier molecular flexibility index (Phi) is 5.08. The van der Waals surface area contributed by atoms with Gasteiger partial charge in [-0.25, -0.2) is 4.79 Å². The molecule has 0 radical (unpaired) electrons. The minimum absolute atomic E-state index is 0.0724. The van der Waals surface area contributed by atoms with Gasteiger partial charge in [-0.2, -0.15) is 0 Å². The second kappa shape index (κ2) is 6.35. The molecule has 1 heterocycles. The van der Waals surface area contributed by atoms with Crippen LogP contribution in [-0.4, -0.2) is 48.3 Å². The normalized spacial score (nSPS) is 16.7.